The molecule has 0 spiro atoms. The fourth-order valence-corrected chi connectivity index (χ4v) is 1.16. The second-order valence-corrected chi connectivity index (χ2v) is 4.52. The van der Waals surface area contributed by atoms with Crippen molar-refractivity contribution in [1.82, 2.24) is 10.2 Å². The van der Waals surface area contributed by atoms with Crippen LogP contribution in [-0.2, 0) is 9.59 Å². The summed E-state index contributed by atoms with van der Waals surface area (Å²) in [5.41, 5.74) is -1.06. The highest BCUT2D eigenvalue weighted by Gasteiger charge is 2.31. The maximum absolute atomic E-state index is 11.6. The van der Waals surface area contributed by atoms with E-state index in [1.54, 1.807) is 25.8 Å². The van der Waals surface area contributed by atoms with Gasteiger partial charge in [0.1, 0.15) is 5.54 Å². The van der Waals surface area contributed by atoms with Crippen molar-refractivity contribution in [2.45, 2.75) is 38.3 Å². The molecule has 5 nitrogen and oxygen atoms in total. The normalized spacial score (nSPS) is 16.2. The lowest BCUT2D eigenvalue weighted by molar-refractivity contribution is -0.143. The molecule has 0 atom stereocenters. The average Bonchev–Trinajstić information content (AvgIpc) is 2.96. The van der Waals surface area contributed by atoms with Crippen molar-refractivity contribution >= 4 is 11.9 Å². The van der Waals surface area contributed by atoms with Crippen LogP contribution in [0.3, 0.4) is 0 Å². The summed E-state index contributed by atoms with van der Waals surface area (Å²) in [4.78, 5) is 24.0. The second-order valence-electron chi connectivity index (χ2n) is 4.52. The van der Waals surface area contributed by atoms with Gasteiger partial charge in [0.15, 0.2) is 0 Å². The summed E-state index contributed by atoms with van der Waals surface area (Å²) >= 11 is 0. The number of hydrogen-bond acceptors (Lipinski definition) is 3. The summed E-state index contributed by atoms with van der Waals surface area (Å²) in [5.74, 6) is -1.00. The van der Waals surface area contributed by atoms with Crippen LogP contribution < -0.4 is 5.32 Å². The first-order valence-corrected chi connectivity index (χ1v) is 5.08. The van der Waals surface area contributed by atoms with E-state index in [-0.39, 0.29) is 12.5 Å². The molecule has 15 heavy (non-hydrogen) atoms. The quantitative estimate of drug-likeness (QED) is 0.679. The zero-order valence-electron chi connectivity index (χ0n) is 9.41. The number of amides is 1. The molecule has 0 radical (unpaired) electrons. The Balaban J connectivity index is 2.35. The molecule has 2 N–H and O–H groups in total. The fraction of sp³-hybridized carbons (Fsp3) is 0.800. The van der Waals surface area contributed by atoms with Gasteiger partial charge in [-0.15, -0.1) is 0 Å². The molecule has 0 bridgehead atoms. The molecule has 1 amide bonds. The minimum Gasteiger partial charge on any atom is -0.480 e. The third-order valence-electron chi connectivity index (χ3n) is 2.70. The van der Waals surface area contributed by atoms with Crippen LogP contribution in [0.25, 0.3) is 0 Å². The molecular weight excluding hydrogens is 196 g/mol. The number of carboxylic acids is 1. The molecule has 1 aliphatic rings. The molecule has 1 rings (SSSR count). The number of carboxylic acid groups (broad SMARTS) is 1. The molecule has 0 aromatic carbocycles. The van der Waals surface area contributed by atoms with Crippen LogP contribution in [0.15, 0.2) is 0 Å². The number of nitrogens with one attached hydrogen (secondary N) is 1. The van der Waals surface area contributed by atoms with Gasteiger partial charge < -0.3 is 10.0 Å². The third kappa shape index (κ3) is 3.20. The van der Waals surface area contributed by atoms with Crippen LogP contribution in [-0.4, -0.2) is 47.1 Å². The Morgan fingerprint density at radius 2 is 2.00 bits per heavy atom. The molecular formula is C10H18N2O3. The lowest BCUT2D eigenvalue weighted by Crippen LogP contribution is -2.50. The van der Waals surface area contributed by atoms with E-state index in [1.165, 1.54) is 0 Å². The minimum absolute atomic E-state index is 0.0492. The highest BCUT2D eigenvalue weighted by molar-refractivity contribution is 5.81. The number of rotatable bonds is 5. The lowest BCUT2D eigenvalue weighted by atomic mass is 10.1. The standard InChI is InChI=1S/C10H18N2O3/c1-10(2,9(14)15)11-6-8(13)12(3)7-4-5-7/h7,11H,4-6H2,1-3H3,(H,14,15). The van der Waals surface area contributed by atoms with Crippen LogP contribution in [0.4, 0.5) is 0 Å². The SMILES string of the molecule is CN(C(=O)CNC(C)(C)C(=O)O)C1CC1. The first-order chi connectivity index (χ1) is 6.84. The van der Waals surface area contributed by atoms with E-state index in [0.29, 0.717) is 6.04 Å². The van der Waals surface area contributed by atoms with Crippen molar-refractivity contribution in [1.29, 1.82) is 0 Å². The van der Waals surface area contributed by atoms with E-state index in [1.807, 2.05) is 0 Å². The molecule has 1 fully saturated rings. The number of carbonyl (C=O) groups excluding carboxylic acids is 1. The van der Waals surface area contributed by atoms with Gasteiger partial charge in [-0.25, -0.2) is 0 Å². The summed E-state index contributed by atoms with van der Waals surface area (Å²) < 4.78 is 0. The largest absolute Gasteiger partial charge is 0.480 e. The van der Waals surface area contributed by atoms with Gasteiger partial charge in [-0.3, -0.25) is 14.9 Å². The molecule has 0 heterocycles. The van der Waals surface area contributed by atoms with Crippen molar-refractivity contribution in [3.8, 4) is 0 Å². The predicted molar refractivity (Wildman–Crippen MR) is 55.5 cm³/mol. The maximum Gasteiger partial charge on any atom is 0.323 e. The van der Waals surface area contributed by atoms with Gasteiger partial charge in [-0.05, 0) is 26.7 Å². The molecule has 86 valence electrons. The van der Waals surface area contributed by atoms with Gasteiger partial charge in [-0.1, -0.05) is 0 Å². The van der Waals surface area contributed by atoms with Crippen LogP contribution in [0.5, 0.6) is 0 Å². The number of hydrogen-bond donors (Lipinski definition) is 2. The van der Waals surface area contributed by atoms with Crippen LogP contribution in [0.2, 0.25) is 0 Å². The van der Waals surface area contributed by atoms with Crippen LogP contribution >= 0.6 is 0 Å². The average molecular weight is 214 g/mol. The number of carbonyl (C=O) groups is 2. The lowest BCUT2D eigenvalue weighted by Gasteiger charge is -2.23. The van der Waals surface area contributed by atoms with Crippen LogP contribution in [0, 0.1) is 0 Å². The van der Waals surface area contributed by atoms with Gasteiger partial charge in [0.2, 0.25) is 5.91 Å². The summed E-state index contributed by atoms with van der Waals surface area (Å²) in [6.45, 7) is 3.16. The zero-order valence-corrected chi connectivity index (χ0v) is 9.41. The predicted octanol–water partition coefficient (Wildman–Crippen LogP) is 0.0600. The van der Waals surface area contributed by atoms with E-state index in [9.17, 15) is 9.59 Å². The molecule has 0 aromatic rings. The van der Waals surface area contributed by atoms with E-state index in [4.69, 9.17) is 5.11 Å². The first-order valence-electron chi connectivity index (χ1n) is 5.08. The number of aliphatic carboxylic acids is 1. The Bertz CT molecular complexity index is 272. The summed E-state index contributed by atoms with van der Waals surface area (Å²) in [5, 5.41) is 11.6. The maximum atomic E-state index is 11.6. The molecule has 5 heteroatoms. The second kappa shape index (κ2) is 4.18. The van der Waals surface area contributed by atoms with E-state index >= 15 is 0 Å². The van der Waals surface area contributed by atoms with Crippen LogP contribution in [0.1, 0.15) is 26.7 Å². The van der Waals surface area contributed by atoms with Gasteiger partial charge in [0, 0.05) is 13.1 Å². The van der Waals surface area contributed by atoms with E-state index in [2.05, 4.69) is 5.32 Å². The Labute approximate surface area is 89.4 Å². The monoisotopic (exact) mass is 214 g/mol. The summed E-state index contributed by atoms with van der Waals surface area (Å²) in [7, 11) is 1.76. The molecule has 1 saturated carbocycles. The first kappa shape index (κ1) is 12.0. The molecule has 1 aliphatic carbocycles. The Hall–Kier alpha value is -1.10. The van der Waals surface area contributed by atoms with E-state index < -0.39 is 11.5 Å². The van der Waals surface area contributed by atoms with Gasteiger partial charge in [0.25, 0.3) is 0 Å². The van der Waals surface area contributed by atoms with Crippen molar-refractivity contribution in [2.75, 3.05) is 13.6 Å². The summed E-state index contributed by atoms with van der Waals surface area (Å²) in [6, 6.07) is 0.368. The van der Waals surface area contributed by atoms with Crippen molar-refractivity contribution in [2.24, 2.45) is 0 Å². The minimum atomic E-state index is -1.06. The topological polar surface area (TPSA) is 69.6 Å². The highest BCUT2D eigenvalue weighted by atomic mass is 16.4. The fourth-order valence-electron chi connectivity index (χ4n) is 1.16. The molecule has 0 aromatic heterocycles. The summed E-state index contributed by atoms with van der Waals surface area (Å²) in [6.07, 6.45) is 2.12. The molecule has 0 aliphatic heterocycles. The zero-order chi connectivity index (χ0) is 11.6. The van der Waals surface area contributed by atoms with Crippen molar-refractivity contribution in [3.63, 3.8) is 0 Å². The van der Waals surface area contributed by atoms with Crippen molar-refractivity contribution < 1.29 is 14.7 Å². The van der Waals surface area contributed by atoms with Gasteiger partial charge >= 0.3 is 5.97 Å². The number of nitrogens with zero attached hydrogens (tertiary/aromatic N) is 1. The van der Waals surface area contributed by atoms with E-state index in [0.717, 1.165) is 12.8 Å². The van der Waals surface area contributed by atoms with Crippen molar-refractivity contribution in [3.05, 3.63) is 0 Å². The highest BCUT2D eigenvalue weighted by Crippen LogP contribution is 2.25. The molecule has 0 unspecified atom stereocenters. The number of likely N-dealkylation sites (N-methyl/N-ethyl adjacent to an activating group) is 1. The Morgan fingerprint density at radius 3 is 2.40 bits per heavy atom. The Kier molecular flexibility index (Phi) is 3.34. The third-order valence-corrected chi connectivity index (χ3v) is 2.70. The van der Waals surface area contributed by atoms with Gasteiger partial charge in [-0.2, -0.15) is 0 Å². The van der Waals surface area contributed by atoms with Gasteiger partial charge in [0.05, 0.1) is 6.54 Å². The smallest absolute Gasteiger partial charge is 0.323 e. The Morgan fingerprint density at radius 1 is 1.47 bits per heavy atom. The molecule has 0 saturated heterocycles.